The van der Waals surface area contributed by atoms with E-state index in [2.05, 4.69) is 13.5 Å². The highest BCUT2D eigenvalue weighted by Crippen LogP contribution is 2.17. The molecule has 0 aromatic heterocycles. The molecule has 0 amide bonds. The van der Waals surface area contributed by atoms with Gasteiger partial charge in [0.15, 0.2) is 0 Å². The maximum atomic E-state index is 9.53. The van der Waals surface area contributed by atoms with E-state index in [4.69, 9.17) is 0 Å². The minimum Gasteiger partial charge on any atom is -0.388 e. The van der Waals surface area contributed by atoms with Crippen LogP contribution in [-0.4, -0.2) is 11.2 Å². The van der Waals surface area contributed by atoms with E-state index in [9.17, 15) is 5.11 Å². The summed E-state index contributed by atoms with van der Waals surface area (Å²) in [6.45, 7) is 9.77. The molecule has 0 radical (unpaired) electrons. The van der Waals surface area contributed by atoms with Crippen molar-refractivity contribution in [2.75, 3.05) is 0 Å². The highest BCUT2D eigenvalue weighted by atomic mass is 16.3. The second-order valence-corrected chi connectivity index (χ2v) is 2.88. The van der Waals surface area contributed by atoms with Gasteiger partial charge in [-0.3, -0.25) is 0 Å². The molecule has 0 aliphatic heterocycles. The van der Waals surface area contributed by atoms with Crippen LogP contribution < -0.4 is 0 Å². The Hall–Kier alpha value is -0.560. The monoisotopic (exact) mass is 154 g/mol. The molecule has 1 N–H and O–H groups in total. The Morgan fingerprint density at radius 3 is 2.45 bits per heavy atom. The molecule has 1 nitrogen and oxygen atoms in total. The van der Waals surface area contributed by atoms with Crippen LogP contribution in [0.5, 0.6) is 0 Å². The summed E-state index contributed by atoms with van der Waals surface area (Å²) in [5.41, 5.74) is 1.05. The smallest absolute Gasteiger partial charge is 0.0785 e. The molecule has 2 atom stereocenters. The lowest BCUT2D eigenvalue weighted by atomic mass is 9.92. The predicted molar refractivity (Wildman–Crippen MR) is 49.4 cm³/mol. The summed E-state index contributed by atoms with van der Waals surface area (Å²) in [5, 5.41) is 9.53. The minimum absolute atomic E-state index is 0.214. The molecule has 0 spiro atoms. The molecule has 1 heteroatoms. The molecule has 0 unspecified atom stereocenters. The number of hydrogen-bond acceptors (Lipinski definition) is 1. The largest absolute Gasteiger partial charge is 0.388 e. The van der Waals surface area contributed by atoms with E-state index in [-0.39, 0.29) is 12.0 Å². The van der Waals surface area contributed by atoms with Crippen molar-refractivity contribution >= 4 is 0 Å². The molecule has 0 saturated heterocycles. The number of rotatable bonds is 4. The average molecular weight is 154 g/mol. The fourth-order valence-corrected chi connectivity index (χ4v) is 1.21. The zero-order valence-corrected chi connectivity index (χ0v) is 7.67. The first-order valence-electron chi connectivity index (χ1n) is 4.09. The third kappa shape index (κ3) is 3.38. The molecule has 0 aliphatic rings. The molecule has 0 aromatic carbocycles. The van der Waals surface area contributed by atoms with Gasteiger partial charge in [0, 0.05) is 5.92 Å². The fourth-order valence-electron chi connectivity index (χ4n) is 1.21. The topological polar surface area (TPSA) is 20.2 Å². The van der Waals surface area contributed by atoms with Crippen molar-refractivity contribution in [3.05, 3.63) is 24.3 Å². The van der Waals surface area contributed by atoms with E-state index >= 15 is 0 Å². The van der Waals surface area contributed by atoms with Crippen LogP contribution in [0.3, 0.4) is 0 Å². The van der Waals surface area contributed by atoms with Crippen molar-refractivity contribution < 1.29 is 5.11 Å². The Morgan fingerprint density at radius 1 is 1.64 bits per heavy atom. The summed E-state index contributed by atoms with van der Waals surface area (Å²) in [4.78, 5) is 0. The van der Waals surface area contributed by atoms with Crippen molar-refractivity contribution in [2.45, 2.75) is 33.3 Å². The first kappa shape index (κ1) is 10.4. The van der Waals surface area contributed by atoms with Crippen LogP contribution in [0.15, 0.2) is 24.3 Å². The van der Waals surface area contributed by atoms with Gasteiger partial charge in [-0.25, -0.2) is 0 Å². The first-order valence-corrected chi connectivity index (χ1v) is 4.09. The van der Waals surface area contributed by atoms with Crippen LogP contribution in [0.4, 0.5) is 0 Å². The highest BCUT2D eigenvalue weighted by molar-refractivity contribution is 5.04. The Labute approximate surface area is 69.4 Å². The van der Waals surface area contributed by atoms with Crippen molar-refractivity contribution in [1.82, 2.24) is 0 Å². The SMILES string of the molecule is C=C(C)[C@H](CC)[C@@H](O)/C=C/C. The lowest BCUT2D eigenvalue weighted by molar-refractivity contribution is 0.168. The Morgan fingerprint density at radius 2 is 2.18 bits per heavy atom. The van der Waals surface area contributed by atoms with Crippen LogP contribution in [-0.2, 0) is 0 Å². The van der Waals surface area contributed by atoms with Gasteiger partial charge < -0.3 is 5.11 Å². The Balaban J connectivity index is 4.13. The quantitative estimate of drug-likeness (QED) is 0.617. The van der Waals surface area contributed by atoms with Gasteiger partial charge in [0.25, 0.3) is 0 Å². The molecule has 0 saturated carbocycles. The molecular weight excluding hydrogens is 136 g/mol. The third-order valence-electron chi connectivity index (χ3n) is 1.87. The van der Waals surface area contributed by atoms with Gasteiger partial charge in [-0.2, -0.15) is 0 Å². The van der Waals surface area contributed by atoms with Gasteiger partial charge in [0.1, 0.15) is 0 Å². The molecule has 0 rings (SSSR count). The number of allylic oxidation sites excluding steroid dienone is 1. The van der Waals surface area contributed by atoms with Gasteiger partial charge in [0.2, 0.25) is 0 Å². The zero-order valence-electron chi connectivity index (χ0n) is 7.67. The van der Waals surface area contributed by atoms with Crippen molar-refractivity contribution in [3.63, 3.8) is 0 Å². The summed E-state index contributed by atoms with van der Waals surface area (Å²) in [7, 11) is 0. The van der Waals surface area contributed by atoms with Gasteiger partial charge in [-0.1, -0.05) is 31.2 Å². The number of aliphatic hydroxyl groups is 1. The molecule has 0 fully saturated rings. The lowest BCUT2D eigenvalue weighted by Gasteiger charge is -2.18. The van der Waals surface area contributed by atoms with Crippen molar-refractivity contribution in [1.29, 1.82) is 0 Å². The average Bonchev–Trinajstić information content (AvgIpc) is 1.88. The lowest BCUT2D eigenvalue weighted by Crippen LogP contribution is -2.17. The van der Waals surface area contributed by atoms with Gasteiger partial charge in [-0.15, -0.1) is 0 Å². The molecule has 0 bridgehead atoms. The van der Waals surface area contributed by atoms with E-state index in [1.807, 2.05) is 26.0 Å². The van der Waals surface area contributed by atoms with Gasteiger partial charge >= 0.3 is 0 Å². The molecule has 11 heavy (non-hydrogen) atoms. The Kier molecular flexibility index (Phi) is 4.88. The van der Waals surface area contributed by atoms with Crippen molar-refractivity contribution in [3.8, 4) is 0 Å². The van der Waals surface area contributed by atoms with E-state index in [0.29, 0.717) is 0 Å². The maximum Gasteiger partial charge on any atom is 0.0785 e. The normalized spacial score (nSPS) is 16.7. The van der Waals surface area contributed by atoms with Crippen LogP contribution in [0.2, 0.25) is 0 Å². The summed E-state index contributed by atoms with van der Waals surface area (Å²) in [5.74, 6) is 0.214. The predicted octanol–water partition coefficient (Wildman–Crippen LogP) is 2.53. The van der Waals surface area contributed by atoms with Crippen LogP contribution in [0, 0.1) is 5.92 Å². The third-order valence-corrected chi connectivity index (χ3v) is 1.87. The second-order valence-electron chi connectivity index (χ2n) is 2.88. The van der Waals surface area contributed by atoms with Gasteiger partial charge in [0.05, 0.1) is 6.10 Å². The van der Waals surface area contributed by atoms with Crippen LogP contribution >= 0.6 is 0 Å². The molecule has 0 aliphatic carbocycles. The van der Waals surface area contributed by atoms with E-state index in [1.165, 1.54) is 0 Å². The summed E-state index contributed by atoms with van der Waals surface area (Å²) < 4.78 is 0. The molecule has 0 aromatic rings. The second kappa shape index (κ2) is 5.14. The van der Waals surface area contributed by atoms with Crippen LogP contribution in [0.1, 0.15) is 27.2 Å². The zero-order chi connectivity index (χ0) is 8.85. The molecule has 0 heterocycles. The molecular formula is C10H18O. The number of hydrogen-bond donors (Lipinski definition) is 1. The maximum absolute atomic E-state index is 9.53. The minimum atomic E-state index is -0.359. The standard InChI is InChI=1S/C10H18O/c1-5-7-10(11)9(6-2)8(3)4/h5,7,9-11H,3,6H2,1-2,4H3/b7-5+/t9-,10-/m0/s1. The van der Waals surface area contributed by atoms with E-state index < -0.39 is 0 Å². The Bertz CT molecular complexity index is 147. The summed E-state index contributed by atoms with van der Waals surface area (Å²) in [6.07, 6.45) is 4.27. The summed E-state index contributed by atoms with van der Waals surface area (Å²) in [6, 6.07) is 0. The highest BCUT2D eigenvalue weighted by Gasteiger charge is 2.14. The summed E-state index contributed by atoms with van der Waals surface area (Å²) >= 11 is 0. The fraction of sp³-hybridized carbons (Fsp3) is 0.600. The van der Waals surface area contributed by atoms with Crippen molar-refractivity contribution in [2.24, 2.45) is 5.92 Å². The number of aliphatic hydroxyl groups excluding tert-OH is 1. The van der Waals surface area contributed by atoms with Gasteiger partial charge in [-0.05, 0) is 20.3 Å². The first-order chi connectivity index (χ1) is 5.13. The molecule has 64 valence electrons. The van der Waals surface area contributed by atoms with E-state index in [0.717, 1.165) is 12.0 Å². The van der Waals surface area contributed by atoms with E-state index in [1.54, 1.807) is 0 Å². The van der Waals surface area contributed by atoms with Crippen LogP contribution in [0.25, 0.3) is 0 Å².